The molecule has 1 aromatic heterocycles. The fourth-order valence-electron chi connectivity index (χ4n) is 1.68. The van der Waals surface area contributed by atoms with Crippen LogP contribution in [-0.2, 0) is 13.8 Å². The number of hydrogen-bond acceptors (Lipinski definition) is 6. The zero-order valence-corrected chi connectivity index (χ0v) is 11.1. The Labute approximate surface area is 109 Å². The van der Waals surface area contributed by atoms with Gasteiger partial charge < -0.3 is 10.5 Å². The number of primary amides is 1. The highest BCUT2D eigenvalue weighted by molar-refractivity contribution is 8.39. The van der Waals surface area contributed by atoms with Gasteiger partial charge in [0.2, 0.25) is 5.82 Å². The minimum absolute atomic E-state index is 0.0447. The molecule has 8 nitrogen and oxygen atoms in total. The quantitative estimate of drug-likeness (QED) is 0.609. The Morgan fingerprint density at radius 2 is 2.50 bits per heavy atom. The highest BCUT2D eigenvalue weighted by Crippen LogP contribution is 2.32. The van der Waals surface area contributed by atoms with Crippen molar-refractivity contribution in [1.29, 1.82) is 0 Å². The van der Waals surface area contributed by atoms with E-state index in [4.69, 9.17) is 15.0 Å². The fourth-order valence-corrected chi connectivity index (χ4v) is 2.17. The molecule has 0 radical (unpaired) electrons. The topological polar surface area (TPSA) is 109 Å². The van der Waals surface area contributed by atoms with E-state index in [1.165, 1.54) is 11.0 Å². The van der Waals surface area contributed by atoms with E-state index in [0.717, 1.165) is 6.42 Å². The van der Waals surface area contributed by atoms with Crippen molar-refractivity contribution in [2.75, 3.05) is 6.61 Å². The normalized spacial score (nSPS) is 24.2. The van der Waals surface area contributed by atoms with Gasteiger partial charge in [0.1, 0.15) is 25.2 Å². The average molecular weight is 291 g/mol. The minimum atomic E-state index is -1.92. The first-order valence-electron chi connectivity index (χ1n) is 5.21. The van der Waals surface area contributed by atoms with Crippen LogP contribution in [-0.4, -0.2) is 33.4 Å². The van der Waals surface area contributed by atoms with Gasteiger partial charge in [0.05, 0.1) is 6.10 Å². The van der Waals surface area contributed by atoms with Crippen molar-refractivity contribution in [3.8, 4) is 0 Å². The molecule has 18 heavy (non-hydrogen) atoms. The summed E-state index contributed by atoms with van der Waals surface area (Å²) in [5.74, 6) is -0.726. The van der Waals surface area contributed by atoms with Crippen LogP contribution in [0.1, 0.15) is 29.7 Å². The fraction of sp³-hybridized carbons (Fsp3) is 0.625. The lowest BCUT2D eigenvalue weighted by molar-refractivity contribution is -0.0223. The van der Waals surface area contributed by atoms with Gasteiger partial charge in [0, 0.05) is 0 Å². The van der Waals surface area contributed by atoms with E-state index in [1.54, 1.807) is 0 Å². The number of nitrogens with two attached hydrogens (primary N) is 1. The molecule has 10 heteroatoms. The van der Waals surface area contributed by atoms with Gasteiger partial charge in [-0.05, 0) is 17.4 Å². The maximum Gasteiger partial charge on any atom is 0.582 e. The standard InChI is InChI=1S/C8H11N4O4PS/c9-7(13)8-10-4-12(11-8)6-2-1-5(16-6)3-15-17(14)18/h4-6H,1-3H2,(H2-,9,13,14,18)/p+1/t5-,6+/m0/s1. The summed E-state index contributed by atoms with van der Waals surface area (Å²) >= 11 is 3.64. The lowest BCUT2D eigenvalue weighted by Crippen LogP contribution is -2.17. The van der Waals surface area contributed by atoms with Crippen LogP contribution in [0.4, 0.5) is 0 Å². The number of rotatable bonds is 5. The number of ether oxygens (including phenoxy) is 1. The Morgan fingerprint density at radius 3 is 3.11 bits per heavy atom. The Balaban J connectivity index is 1.91. The zero-order chi connectivity index (χ0) is 13.1. The molecule has 0 aromatic carbocycles. The number of aromatic nitrogens is 3. The second kappa shape index (κ2) is 5.75. The lowest BCUT2D eigenvalue weighted by Gasteiger charge is -2.11. The summed E-state index contributed by atoms with van der Waals surface area (Å²) in [4.78, 5) is 14.6. The summed E-state index contributed by atoms with van der Waals surface area (Å²) in [5.41, 5.74) is 5.05. The maximum absolute atomic E-state index is 10.9. The summed E-state index contributed by atoms with van der Waals surface area (Å²) in [6.07, 6.45) is 2.37. The summed E-state index contributed by atoms with van der Waals surface area (Å²) in [5, 5.41) is 3.91. The van der Waals surface area contributed by atoms with E-state index in [0.29, 0.717) is 6.42 Å². The van der Waals surface area contributed by atoms with Gasteiger partial charge in [-0.3, -0.25) is 4.79 Å². The SMILES string of the molecule is NC(=O)c1ncn([C@H]2CC[C@@H](CO[P+](=O)S)O2)n1. The number of thiol groups is 1. The largest absolute Gasteiger partial charge is 0.582 e. The number of carbonyl (C=O) groups is 1. The maximum atomic E-state index is 10.9. The number of nitrogens with zero attached hydrogens (tertiary/aromatic N) is 3. The molecule has 2 heterocycles. The lowest BCUT2D eigenvalue weighted by atomic mass is 10.2. The van der Waals surface area contributed by atoms with Crippen molar-refractivity contribution in [3.63, 3.8) is 0 Å². The van der Waals surface area contributed by atoms with Gasteiger partial charge in [0.15, 0.2) is 6.23 Å². The Hall–Kier alpha value is -1.02. The average Bonchev–Trinajstić information content (AvgIpc) is 2.95. The van der Waals surface area contributed by atoms with Crippen LogP contribution >= 0.6 is 19.5 Å². The van der Waals surface area contributed by atoms with E-state index in [2.05, 4.69) is 22.3 Å². The molecule has 0 bridgehead atoms. The zero-order valence-electron chi connectivity index (χ0n) is 9.30. The molecule has 1 aliphatic rings. The molecule has 0 spiro atoms. The molecular formula is C8H12N4O4PS+. The molecular weight excluding hydrogens is 279 g/mol. The van der Waals surface area contributed by atoms with Gasteiger partial charge in [0.25, 0.3) is 5.91 Å². The van der Waals surface area contributed by atoms with Crippen molar-refractivity contribution in [2.45, 2.75) is 25.2 Å². The Kier molecular flexibility index (Phi) is 4.28. The van der Waals surface area contributed by atoms with E-state index < -0.39 is 13.1 Å². The smallest absolute Gasteiger partial charge is 0.363 e. The van der Waals surface area contributed by atoms with Crippen molar-refractivity contribution in [2.24, 2.45) is 5.73 Å². The first-order chi connectivity index (χ1) is 8.56. The van der Waals surface area contributed by atoms with Crippen molar-refractivity contribution in [1.82, 2.24) is 14.8 Å². The molecule has 1 fully saturated rings. The molecule has 98 valence electrons. The van der Waals surface area contributed by atoms with E-state index in [9.17, 15) is 9.36 Å². The van der Waals surface area contributed by atoms with E-state index in [1.807, 2.05) is 0 Å². The van der Waals surface area contributed by atoms with Gasteiger partial charge >= 0.3 is 7.23 Å². The van der Waals surface area contributed by atoms with Gasteiger partial charge in [-0.25, -0.2) is 9.67 Å². The molecule has 2 rings (SSSR count). The first-order valence-corrected chi connectivity index (χ1v) is 7.54. The van der Waals surface area contributed by atoms with Gasteiger partial charge in [-0.1, -0.05) is 0 Å². The van der Waals surface area contributed by atoms with Crippen LogP contribution in [0.25, 0.3) is 0 Å². The van der Waals surface area contributed by atoms with Crippen LogP contribution in [0.3, 0.4) is 0 Å². The number of hydrogen-bond donors (Lipinski definition) is 2. The predicted octanol–water partition coefficient (Wildman–Crippen LogP) is 0.658. The highest BCUT2D eigenvalue weighted by Gasteiger charge is 2.30. The van der Waals surface area contributed by atoms with Crippen LogP contribution in [0.2, 0.25) is 0 Å². The molecule has 1 saturated heterocycles. The summed E-state index contributed by atoms with van der Waals surface area (Å²) in [7, 11) is -1.92. The van der Waals surface area contributed by atoms with Crippen molar-refractivity contribution < 1.29 is 18.6 Å². The third kappa shape index (κ3) is 3.26. The predicted molar refractivity (Wildman–Crippen MR) is 64.2 cm³/mol. The molecule has 0 aliphatic carbocycles. The second-order valence-electron chi connectivity index (χ2n) is 3.74. The van der Waals surface area contributed by atoms with Gasteiger partial charge in [-0.15, -0.1) is 9.62 Å². The summed E-state index contributed by atoms with van der Waals surface area (Å²) in [6, 6.07) is 0. The van der Waals surface area contributed by atoms with E-state index in [-0.39, 0.29) is 24.8 Å². The summed E-state index contributed by atoms with van der Waals surface area (Å²) < 4.78 is 22.6. The molecule has 1 aromatic rings. The molecule has 2 N–H and O–H groups in total. The van der Waals surface area contributed by atoms with Crippen molar-refractivity contribution in [3.05, 3.63) is 12.2 Å². The number of amides is 1. The Bertz CT molecular complexity index is 468. The summed E-state index contributed by atoms with van der Waals surface area (Å²) in [6.45, 7) is 0.215. The second-order valence-corrected chi connectivity index (χ2v) is 5.45. The van der Waals surface area contributed by atoms with E-state index >= 15 is 0 Å². The minimum Gasteiger partial charge on any atom is -0.363 e. The van der Waals surface area contributed by atoms with Crippen LogP contribution < -0.4 is 5.73 Å². The molecule has 1 aliphatic heterocycles. The molecule has 0 saturated carbocycles. The third-order valence-corrected chi connectivity index (χ3v) is 3.20. The monoisotopic (exact) mass is 291 g/mol. The van der Waals surface area contributed by atoms with Crippen LogP contribution in [0.5, 0.6) is 0 Å². The third-order valence-electron chi connectivity index (χ3n) is 2.48. The van der Waals surface area contributed by atoms with Crippen LogP contribution in [0.15, 0.2) is 6.33 Å². The molecule has 3 atom stereocenters. The first kappa shape index (κ1) is 13.4. The van der Waals surface area contributed by atoms with Gasteiger partial charge in [-0.2, -0.15) is 0 Å². The molecule has 1 amide bonds. The van der Waals surface area contributed by atoms with Crippen LogP contribution in [0, 0.1) is 0 Å². The molecule has 1 unspecified atom stereocenters. The number of carbonyl (C=O) groups excluding carboxylic acids is 1. The van der Waals surface area contributed by atoms with Crippen molar-refractivity contribution >= 4 is 25.4 Å². The highest BCUT2D eigenvalue weighted by atomic mass is 32.7. The Morgan fingerprint density at radius 1 is 1.72 bits per heavy atom.